The topological polar surface area (TPSA) is 77.5 Å². The molecule has 0 unspecified atom stereocenters. The molecule has 0 bridgehead atoms. The third-order valence-corrected chi connectivity index (χ3v) is 3.01. The first kappa shape index (κ1) is 15.1. The Hall–Kier alpha value is -2.27. The maximum Gasteiger partial charge on any atom is 0.287 e. The van der Waals surface area contributed by atoms with Crippen LogP contribution < -0.4 is 15.8 Å². The molecule has 0 aliphatic rings. The number of nitrogens with one attached hydrogen (secondary N) is 1. The first-order valence-electron chi connectivity index (χ1n) is 7.03. The van der Waals surface area contributed by atoms with Crippen LogP contribution in [0.25, 0.3) is 0 Å². The number of furan rings is 1. The molecule has 1 heterocycles. The summed E-state index contributed by atoms with van der Waals surface area (Å²) < 4.78 is 10.9. The van der Waals surface area contributed by atoms with E-state index in [2.05, 4.69) is 5.32 Å². The fourth-order valence-electron chi connectivity index (χ4n) is 1.88. The highest BCUT2D eigenvalue weighted by Gasteiger charge is 2.15. The number of benzene rings is 1. The Morgan fingerprint density at radius 3 is 2.76 bits per heavy atom. The van der Waals surface area contributed by atoms with Crippen molar-refractivity contribution in [1.29, 1.82) is 0 Å². The number of ether oxygens (including phenoxy) is 1. The second kappa shape index (κ2) is 8.11. The predicted molar refractivity (Wildman–Crippen MR) is 80.1 cm³/mol. The lowest BCUT2D eigenvalue weighted by Gasteiger charge is -2.07. The number of para-hydroxylation sites is 1. The van der Waals surface area contributed by atoms with Gasteiger partial charge in [-0.15, -0.1) is 0 Å². The van der Waals surface area contributed by atoms with Crippen molar-refractivity contribution < 1.29 is 13.9 Å². The van der Waals surface area contributed by atoms with E-state index in [1.807, 2.05) is 30.3 Å². The van der Waals surface area contributed by atoms with Crippen molar-refractivity contribution in [1.82, 2.24) is 5.32 Å². The fraction of sp³-hybridized carbons (Fsp3) is 0.312. The van der Waals surface area contributed by atoms with Gasteiger partial charge in [0, 0.05) is 12.1 Å². The van der Waals surface area contributed by atoms with Crippen LogP contribution in [0.15, 0.2) is 47.1 Å². The van der Waals surface area contributed by atoms with Crippen LogP contribution in [0.2, 0.25) is 0 Å². The minimum atomic E-state index is -0.219. The number of rotatable bonds is 8. The second-order valence-corrected chi connectivity index (χ2v) is 4.63. The van der Waals surface area contributed by atoms with E-state index in [1.54, 1.807) is 6.07 Å². The number of amides is 1. The molecule has 1 aromatic heterocycles. The number of hydrogen-bond acceptors (Lipinski definition) is 4. The molecule has 2 rings (SSSR count). The summed E-state index contributed by atoms with van der Waals surface area (Å²) in [4.78, 5) is 12.0. The summed E-state index contributed by atoms with van der Waals surface area (Å²) in [7, 11) is 0. The van der Waals surface area contributed by atoms with Crippen molar-refractivity contribution in [3.8, 4) is 5.75 Å². The van der Waals surface area contributed by atoms with Gasteiger partial charge < -0.3 is 20.2 Å². The molecule has 1 amide bonds. The first-order valence-corrected chi connectivity index (χ1v) is 7.03. The normalized spacial score (nSPS) is 10.3. The molecule has 5 heteroatoms. The van der Waals surface area contributed by atoms with E-state index in [0.29, 0.717) is 25.5 Å². The van der Waals surface area contributed by atoms with Crippen LogP contribution in [0.4, 0.5) is 0 Å². The summed E-state index contributed by atoms with van der Waals surface area (Å²) in [6.07, 6.45) is 3.25. The van der Waals surface area contributed by atoms with Gasteiger partial charge in [-0.05, 0) is 37.6 Å². The molecule has 0 fully saturated rings. The molecule has 1 aromatic carbocycles. The van der Waals surface area contributed by atoms with E-state index in [-0.39, 0.29) is 5.91 Å². The predicted octanol–water partition coefficient (Wildman–Crippen LogP) is 2.33. The number of hydrogen-bond donors (Lipinski definition) is 2. The molecule has 0 saturated heterocycles. The molecule has 0 aliphatic heterocycles. The zero-order chi connectivity index (χ0) is 14.9. The minimum Gasteiger partial charge on any atom is -0.489 e. The zero-order valence-corrected chi connectivity index (χ0v) is 11.9. The average molecular weight is 288 g/mol. The highest BCUT2D eigenvalue weighted by Crippen LogP contribution is 2.15. The van der Waals surface area contributed by atoms with Crippen molar-refractivity contribution in [2.75, 3.05) is 13.1 Å². The molecule has 0 atom stereocenters. The van der Waals surface area contributed by atoms with Crippen molar-refractivity contribution in [3.05, 3.63) is 54.0 Å². The van der Waals surface area contributed by atoms with E-state index in [4.69, 9.17) is 14.9 Å². The molecule has 0 aliphatic carbocycles. The molecule has 0 saturated carbocycles. The minimum absolute atomic E-state index is 0.219. The summed E-state index contributed by atoms with van der Waals surface area (Å²) in [6.45, 7) is 1.52. The molecule has 21 heavy (non-hydrogen) atoms. The quantitative estimate of drug-likeness (QED) is 0.731. The summed E-state index contributed by atoms with van der Waals surface area (Å²) in [5.74, 6) is 0.843. The fourth-order valence-corrected chi connectivity index (χ4v) is 1.88. The van der Waals surface area contributed by atoms with Gasteiger partial charge in [0.2, 0.25) is 0 Å². The Balaban J connectivity index is 1.87. The van der Waals surface area contributed by atoms with Crippen molar-refractivity contribution >= 4 is 5.91 Å². The van der Waals surface area contributed by atoms with E-state index >= 15 is 0 Å². The molecule has 0 radical (unpaired) electrons. The largest absolute Gasteiger partial charge is 0.489 e. The molecule has 3 N–H and O–H groups in total. The summed E-state index contributed by atoms with van der Waals surface area (Å²) in [6, 6.07) is 11.2. The van der Waals surface area contributed by atoms with Crippen LogP contribution in [0.3, 0.4) is 0 Å². The molecule has 5 nitrogen and oxygen atoms in total. The summed E-state index contributed by atoms with van der Waals surface area (Å²) >= 11 is 0. The van der Waals surface area contributed by atoms with E-state index in [9.17, 15) is 4.79 Å². The number of nitrogens with two attached hydrogens (primary N) is 1. The third-order valence-electron chi connectivity index (χ3n) is 3.01. The molecular weight excluding hydrogens is 268 g/mol. The van der Waals surface area contributed by atoms with Gasteiger partial charge in [0.05, 0.1) is 6.26 Å². The van der Waals surface area contributed by atoms with Gasteiger partial charge in [-0.2, -0.15) is 0 Å². The molecular formula is C16H20N2O3. The van der Waals surface area contributed by atoms with Gasteiger partial charge in [-0.1, -0.05) is 18.2 Å². The Bertz CT molecular complexity index is 552. The third kappa shape index (κ3) is 4.65. The second-order valence-electron chi connectivity index (χ2n) is 4.63. The molecule has 112 valence electrons. The van der Waals surface area contributed by atoms with Crippen LogP contribution in [0.5, 0.6) is 5.75 Å². The van der Waals surface area contributed by atoms with Crippen molar-refractivity contribution in [3.63, 3.8) is 0 Å². The number of carbonyl (C=O) groups excluding carboxylic acids is 1. The standard InChI is InChI=1S/C16H20N2O3/c17-9-4-5-10-18-16(19)15-13(8-11-20-15)12-21-14-6-2-1-3-7-14/h1-3,6-8,11H,4-5,9-10,12,17H2,(H,18,19). The maximum atomic E-state index is 12.0. The first-order chi connectivity index (χ1) is 10.3. The van der Waals surface area contributed by atoms with Crippen LogP contribution >= 0.6 is 0 Å². The van der Waals surface area contributed by atoms with E-state index < -0.39 is 0 Å². The Labute approximate surface area is 124 Å². The monoisotopic (exact) mass is 288 g/mol. The van der Waals surface area contributed by atoms with Gasteiger partial charge in [0.25, 0.3) is 5.91 Å². The Kier molecular flexibility index (Phi) is 5.84. The van der Waals surface area contributed by atoms with Gasteiger partial charge >= 0.3 is 0 Å². The zero-order valence-electron chi connectivity index (χ0n) is 11.9. The smallest absolute Gasteiger partial charge is 0.287 e. The summed E-state index contributed by atoms with van der Waals surface area (Å²) in [5, 5.41) is 2.81. The van der Waals surface area contributed by atoms with Crippen LogP contribution in [-0.4, -0.2) is 19.0 Å². The average Bonchev–Trinajstić information content (AvgIpc) is 2.99. The van der Waals surface area contributed by atoms with E-state index in [0.717, 1.165) is 24.2 Å². The van der Waals surface area contributed by atoms with Crippen LogP contribution in [0, 0.1) is 0 Å². The summed E-state index contributed by atoms with van der Waals surface area (Å²) in [5.41, 5.74) is 6.14. The maximum absolute atomic E-state index is 12.0. The van der Waals surface area contributed by atoms with Gasteiger partial charge in [-0.3, -0.25) is 4.79 Å². The van der Waals surface area contributed by atoms with Gasteiger partial charge in [0.1, 0.15) is 12.4 Å². The Morgan fingerprint density at radius 1 is 1.19 bits per heavy atom. The SMILES string of the molecule is NCCCCNC(=O)c1occc1COc1ccccc1. The van der Waals surface area contributed by atoms with Crippen LogP contribution in [-0.2, 0) is 6.61 Å². The lowest BCUT2D eigenvalue weighted by atomic mass is 10.2. The molecule has 2 aromatic rings. The lowest BCUT2D eigenvalue weighted by molar-refractivity contribution is 0.0922. The Morgan fingerprint density at radius 2 is 2.00 bits per heavy atom. The lowest BCUT2D eigenvalue weighted by Crippen LogP contribution is -2.25. The van der Waals surface area contributed by atoms with E-state index in [1.165, 1.54) is 6.26 Å². The van der Waals surface area contributed by atoms with Crippen molar-refractivity contribution in [2.45, 2.75) is 19.4 Å². The van der Waals surface area contributed by atoms with Crippen molar-refractivity contribution in [2.24, 2.45) is 5.73 Å². The van der Waals surface area contributed by atoms with Crippen LogP contribution in [0.1, 0.15) is 29.0 Å². The number of unbranched alkanes of at least 4 members (excludes halogenated alkanes) is 1. The van der Waals surface area contributed by atoms with Gasteiger partial charge in [0.15, 0.2) is 5.76 Å². The number of carbonyl (C=O) groups is 1. The highest BCUT2D eigenvalue weighted by atomic mass is 16.5. The highest BCUT2D eigenvalue weighted by molar-refractivity contribution is 5.92. The van der Waals surface area contributed by atoms with Gasteiger partial charge in [-0.25, -0.2) is 0 Å². The molecule has 0 spiro atoms.